The maximum absolute atomic E-state index is 13.3. The molecular weight excluding hydrogens is 585 g/mol. The smallest absolute Gasteiger partial charge is 0.242 e. The van der Waals surface area contributed by atoms with E-state index in [0.717, 1.165) is 37.0 Å². The highest BCUT2D eigenvalue weighted by Crippen LogP contribution is 2.33. The quantitative estimate of drug-likeness (QED) is 0.171. The Labute approximate surface area is 277 Å². The molecule has 0 radical (unpaired) electrons. The third-order valence-electron chi connectivity index (χ3n) is 7.72. The van der Waals surface area contributed by atoms with Crippen LogP contribution < -0.4 is 15.4 Å². The SMILES string of the molecule is CCCNC1(C)CC1.CCNC(=O)C(CCSC)N(C)C(=O)CCCCCOc1cc(C)cc(F)c1.CCc1cccc(C)c1. The highest BCUT2D eigenvalue weighted by molar-refractivity contribution is 7.98. The van der Waals surface area contributed by atoms with Crippen LogP contribution in [0.4, 0.5) is 4.39 Å². The first-order chi connectivity index (χ1) is 21.5. The number of nitrogens with one attached hydrogen (secondary N) is 2. The zero-order chi connectivity index (χ0) is 33.7. The van der Waals surface area contributed by atoms with Crippen LogP contribution in [0.1, 0.15) is 95.8 Å². The van der Waals surface area contributed by atoms with Crippen LogP contribution in [0.5, 0.6) is 5.75 Å². The fourth-order valence-corrected chi connectivity index (χ4v) is 5.09. The molecule has 254 valence electrons. The maximum atomic E-state index is 13.3. The molecule has 45 heavy (non-hydrogen) atoms. The van der Waals surface area contributed by atoms with Crippen molar-refractivity contribution in [2.75, 3.05) is 38.8 Å². The van der Waals surface area contributed by atoms with E-state index < -0.39 is 6.04 Å². The van der Waals surface area contributed by atoms with Gasteiger partial charge in [0.1, 0.15) is 17.6 Å². The van der Waals surface area contributed by atoms with Gasteiger partial charge in [-0.3, -0.25) is 9.59 Å². The third kappa shape index (κ3) is 18.2. The van der Waals surface area contributed by atoms with Crippen molar-refractivity contribution in [2.24, 2.45) is 0 Å². The van der Waals surface area contributed by atoms with Gasteiger partial charge in [-0.1, -0.05) is 43.7 Å². The summed E-state index contributed by atoms with van der Waals surface area (Å²) in [4.78, 5) is 26.3. The summed E-state index contributed by atoms with van der Waals surface area (Å²) in [7, 11) is 1.71. The molecule has 8 heteroatoms. The fraction of sp³-hybridized carbons (Fsp3) is 0.622. The van der Waals surface area contributed by atoms with Gasteiger partial charge in [0.25, 0.3) is 0 Å². The lowest BCUT2D eigenvalue weighted by molar-refractivity contribution is -0.139. The number of hydrogen-bond donors (Lipinski definition) is 2. The van der Waals surface area contributed by atoms with Gasteiger partial charge < -0.3 is 20.3 Å². The molecule has 0 heterocycles. The van der Waals surface area contributed by atoms with Gasteiger partial charge in [-0.2, -0.15) is 11.8 Å². The van der Waals surface area contributed by atoms with Crippen molar-refractivity contribution in [3.8, 4) is 5.75 Å². The number of carbonyl (C=O) groups is 2. The first kappa shape index (κ1) is 40.4. The molecule has 0 bridgehead atoms. The molecule has 0 aromatic heterocycles. The normalized spacial score (nSPS) is 13.4. The summed E-state index contributed by atoms with van der Waals surface area (Å²) in [6, 6.07) is 12.8. The number of halogens is 1. The molecule has 0 saturated heterocycles. The molecule has 1 unspecified atom stereocenters. The molecule has 2 amide bonds. The first-order valence-corrected chi connectivity index (χ1v) is 18.1. The molecule has 6 nitrogen and oxygen atoms in total. The van der Waals surface area contributed by atoms with Crippen molar-refractivity contribution in [3.63, 3.8) is 0 Å². The topological polar surface area (TPSA) is 70.7 Å². The van der Waals surface area contributed by atoms with E-state index in [4.69, 9.17) is 4.74 Å². The number of likely N-dealkylation sites (N-methyl/N-ethyl adjacent to an activating group) is 2. The number of benzene rings is 2. The van der Waals surface area contributed by atoms with Gasteiger partial charge in [-0.25, -0.2) is 4.39 Å². The summed E-state index contributed by atoms with van der Waals surface area (Å²) in [5, 5.41) is 6.30. The van der Waals surface area contributed by atoms with E-state index in [1.54, 1.807) is 29.8 Å². The number of ether oxygens (including phenoxy) is 1. The summed E-state index contributed by atoms with van der Waals surface area (Å²) < 4.78 is 18.9. The Morgan fingerprint density at radius 1 is 1.04 bits per heavy atom. The summed E-state index contributed by atoms with van der Waals surface area (Å²) in [5.74, 6) is 0.958. The number of amides is 2. The van der Waals surface area contributed by atoms with E-state index in [0.29, 0.717) is 37.3 Å². The van der Waals surface area contributed by atoms with Crippen LogP contribution in [0.3, 0.4) is 0 Å². The Morgan fingerprint density at radius 3 is 2.33 bits per heavy atom. The average Bonchev–Trinajstić information content (AvgIpc) is 3.75. The summed E-state index contributed by atoms with van der Waals surface area (Å²) in [5.41, 5.74) is 4.16. The highest BCUT2D eigenvalue weighted by Gasteiger charge is 2.35. The molecule has 1 fully saturated rings. The second-order valence-corrected chi connectivity index (χ2v) is 13.1. The second-order valence-electron chi connectivity index (χ2n) is 12.1. The molecular formula is C37H60FN3O3S. The number of aryl methyl sites for hydroxylation is 3. The van der Waals surface area contributed by atoms with E-state index in [-0.39, 0.29) is 17.6 Å². The van der Waals surface area contributed by atoms with Crippen molar-refractivity contribution < 1.29 is 18.7 Å². The number of unbranched alkanes of at least 4 members (excludes halogenated alkanes) is 2. The molecule has 1 aliphatic rings. The van der Waals surface area contributed by atoms with Crippen LogP contribution in [0, 0.1) is 19.7 Å². The van der Waals surface area contributed by atoms with Crippen LogP contribution in [-0.2, 0) is 16.0 Å². The molecule has 0 aliphatic heterocycles. The third-order valence-corrected chi connectivity index (χ3v) is 8.37. The predicted octanol–water partition coefficient (Wildman–Crippen LogP) is 7.89. The van der Waals surface area contributed by atoms with E-state index in [9.17, 15) is 14.0 Å². The molecule has 1 atom stereocenters. The predicted molar refractivity (Wildman–Crippen MR) is 190 cm³/mol. The van der Waals surface area contributed by atoms with Gasteiger partial charge in [0.05, 0.1) is 6.61 Å². The zero-order valence-electron chi connectivity index (χ0n) is 29.3. The minimum atomic E-state index is -0.417. The van der Waals surface area contributed by atoms with Crippen molar-refractivity contribution in [1.82, 2.24) is 15.5 Å². The van der Waals surface area contributed by atoms with Gasteiger partial charge in [-0.15, -0.1) is 0 Å². The lowest BCUT2D eigenvalue weighted by Crippen LogP contribution is -2.48. The molecule has 3 rings (SSSR count). The van der Waals surface area contributed by atoms with Crippen LogP contribution in [-0.4, -0.2) is 67.0 Å². The number of thioether (sulfide) groups is 1. The van der Waals surface area contributed by atoms with Gasteiger partial charge >= 0.3 is 0 Å². The largest absolute Gasteiger partial charge is 0.493 e. The molecule has 2 aromatic rings. The monoisotopic (exact) mass is 645 g/mol. The summed E-state index contributed by atoms with van der Waals surface area (Å²) in [6.07, 6.45) is 10.6. The number of hydrogen-bond acceptors (Lipinski definition) is 5. The molecule has 2 aromatic carbocycles. The Bertz CT molecular complexity index is 1110. The second kappa shape index (κ2) is 22.8. The van der Waals surface area contributed by atoms with Crippen LogP contribution in [0.15, 0.2) is 42.5 Å². The fourth-order valence-electron chi connectivity index (χ4n) is 4.63. The van der Waals surface area contributed by atoms with Crippen LogP contribution in [0.2, 0.25) is 0 Å². The lowest BCUT2D eigenvalue weighted by atomic mass is 10.1. The van der Waals surface area contributed by atoms with Gasteiger partial charge in [-0.05, 0) is 121 Å². The highest BCUT2D eigenvalue weighted by atomic mass is 32.2. The molecule has 0 spiro atoms. The zero-order valence-corrected chi connectivity index (χ0v) is 30.1. The van der Waals surface area contributed by atoms with Gasteiger partial charge in [0.15, 0.2) is 0 Å². The minimum Gasteiger partial charge on any atom is -0.493 e. The van der Waals surface area contributed by atoms with Crippen LogP contribution in [0.25, 0.3) is 0 Å². The number of rotatable bonds is 17. The molecule has 2 N–H and O–H groups in total. The first-order valence-electron chi connectivity index (χ1n) is 16.7. The van der Waals surface area contributed by atoms with E-state index in [2.05, 4.69) is 62.6 Å². The van der Waals surface area contributed by atoms with E-state index in [1.807, 2.05) is 20.1 Å². The van der Waals surface area contributed by atoms with E-state index in [1.165, 1.54) is 49.1 Å². The Morgan fingerprint density at radius 2 is 1.78 bits per heavy atom. The van der Waals surface area contributed by atoms with Crippen molar-refractivity contribution in [1.29, 1.82) is 0 Å². The minimum absolute atomic E-state index is 0.0148. The van der Waals surface area contributed by atoms with Gasteiger partial charge in [0, 0.05) is 31.6 Å². The van der Waals surface area contributed by atoms with Crippen molar-refractivity contribution in [2.45, 2.75) is 111 Å². The van der Waals surface area contributed by atoms with E-state index >= 15 is 0 Å². The Balaban J connectivity index is 0.000000475. The maximum Gasteiger partial charge on any atom is 0.242 e. The number of carbonyl (C=O) groups excluding carboxylic acids is 2. The molecule has 1 aliphatic carbocycles. The Kier molecular flexibility index (Phi) is 20.5. The van der Waals surface area contributed by atoms with Crippen molar-refractivity contribution >= 4 is 23.6 Å². The summed E-state index contributed by atoms with van der Waals surface area (Å²) >= 11 is 1.67. The average molecular weight is 646 g/mol. The Hall–Kier alpha value is -2.58. The van der Waals surface area contributed by atoms with Crippen LogP contribution >= 0.6 is 11.8 Å². The van der Waals surface area contributed by atoms with Gasteiger partial charge in [0.2, 0.25) is 11.8 Å². The number of nitrogens with zero attached hydrogens (tertiary/aromatic N) is 1. The lowest BCUT2D eigenvalue weighted by Gasteiger charge is -2.27. The summed E-state index contributed by atoms with van der Waals surface area (Å²) in [6.45, 7) is 14.7. The molecule has 1 saturated carbocycles. The standard InChI is InChI=1S/C21H33FN2O3S.C9H12.C7H15N/c1-5-23-21(26)19(10-12-28-4)24(3)20(25)9-7-6-8-11-27-18-14-16(2)13-17(22)15-18;1-3-9-6-4-5-8(2)7-9;1-3-6-8-7(2)4-5-7/h13-15,19H,5-12H2,1-4H3,(H,23,26);4-7H,3H2,1-2H3;8H,3-6H2,1-2H3. The van der Waals surface area contributed by atoms with Crippen molar-refractivity contribution in [3.05, 3.63) is 65.0 Å².